The maximum absolute atomic E-state index is 4.88. The summed E-state index contributed by atoms with van der Waals surface area (Å²) in [5.41, 5.74) is 1.69. The first-order chi connectivity index (χ1) is 9.89. The average Bonchev–Trinajstić information content (AvgIpc) is 2.37. The van der Waals surface area contributed by atoms with Crippen molar-refractivity contribution < 1.29 is 0 Å². The minimum atomic E-state index is 0.497. The highest BCUT2D eigenvalue weighted by Crippen LogP contribution is 2.41. The van der Waals surface area contributed by atoms with E-state index in [1.165, 1.54) is 31.4 Å². The number of nitrogens with zero attached hydrogens (tertiary/aromatic N) is 2. The van der Waals surface area contributed by atoms with Crippen LogP contribution in [-0.2, 0) is 6.42 Å². The zero-order valence-electron chi connectivity index (χ0n) is 14.4. The average molecular weight is 289 g/mol. The molecule has 3 heteroatoms. The molecule has 0 unspecified atom stereocenters. The summed E-state index contributed by atoms with van der Waals surface area (Å²) >= 11 is 0. The van der Waals surface area contributed by atoms with Crippen LogP contribution in [-0.4, -0.2) is 16.5 Å². The molecule has 1 N–H and O–H groups in total. The predicted molar refractivity (Wildman–Crippen MR) is 89.7 cm³/mol. The van der Waals surface area contributed by atoms with Crippen LogP contribution in [0.1, 0.15) is 77.7 Å². The largest absolute Gasteiger partial charge is 0.370 e. The van der Waals surface area contributed by atoms with Crippen LogP contribution in [0.3, 0.4) is 0 Å². The SMILES string of the molecule is CCNc1cc(CC(C)C)nc(C2CCC(C)(C)CC2)n1. The Morgan fingerprint density at radius 2 is 1.90 bits per heavy atom. The van der Waals surface area contributed by atoms with Crippen LogP contribution in [0.5, 0.6) is 0 Å². The predicted octanol–water partition coefficient (Wildman–Crippen LogP) is 4.79. The molecule has 0 atom stereocenters. The zero-order chi connectivity index (χ0) is 15.5. The van der Waals surface area contributed by atoms with Gasteiger partial charge in [0.05, 0.1) is 0 Å². The molecule has 0 aromatic carbocycles. The van der Waals surface area contributed by atoms with E-state index in [1.807, 2.05) is 0 Å². The summed E-state index contributed by atoms with van der Waals surface area (Å²) in [5, 5.41) is 3.37. The molecule has 1 aliphatic carbocycles. The molecular weight excluding hydrogens is 258 g/mol. The van der Waals surface area contributed by atoms with Crippen molar-refractivity contribution in [2.75, 3.05) is 11.9 Å². The van der Waals surface area contributed by atoms with E-state index in [4.69, 9.17) is 9.97 Å². The van der Waals surface area contributed by atoms with Crippen LogP contribution in [0.2, 0.25) is 0 Å². The lowest BCUT2D eigenvalue weighted by Gasteiger charge is -2.33. The van der Waals surface area contributed by atoms with Gasteiger partial charge in [0.15, 0.2) is 0 Å². The van der Waals surface area contributed by atoms with Gasteiger partial charge < -0.3 is 5.32 Å². The van der Waals surface area contributed by atoms with E-state index >= 15 is 0 Å². The number of hydrogen-bond acceptors (Lipinski definition) is 3. The number of hydrogen-bond donors (Lipinski definition) is 1. The fourth-order valence-corrected chi connectivity index (χ4v) is 3.15. The van der Waals surface area contributed by atoms with Crippen molar-refractivity contribution >= 4 is 5.82 Å². The van der Waals surface area contributed by atoms with Crippen LogP contribution in [0, 0.1) is 11.3 Å². The van der Waals surface area contributed by atoms with Crippen LogP contribution in [0.15, 0.2) is 6.07 Å². The van der Waals surface area contributed by atoms with Gasteiger partial charge >= 0.3 is 0 Å². The minimum Gasteiger partial charge on any atom is -0.370 e. The fourth-order valence-electron chi connectivity index (χ4n) is 3.15. The summed E-state index contributed by atoms with van der Waals surface area (Å²) in [4.78, 5) is 9.66. The maximum Gasteiger partial charge on any atom is 0.134 e. The van der Waals surface area contributed by atoms with Crippen molar-refractivity contribution in [2.45, 2.75) is 72.6 Å². The van der Waals surface area contributed by atoms with Crippen LogP contribution >= 0.6 is 0 Å². The zero-order valence-corrected chi connectivity index (χ0v) is 14.4. The van der Waals surface area contributed by atoms with Crippen LogP contribution in [0.25, 0.3) is 0 Å². The van der Waals surface area contributed by atoms with E-state index in [0.29, 0.717) is 17.3 Å². The summed E-state index contributed by atoms with van der Waals surface area (Å²) in [7, 11) is 0. The maximum atomic E-state index is 4.88. The molecule has 118 valence electrons. The van der Waals surface area contributed by atoms with Crippen LogP contribution < -0.4 is 5.32 Å². The summed E-state index contributed by atoms with van der Waals surface area (Å²) in [5.74, 6) is 3.25. The van der Waals surface area contributed by atoms with E-state index in [9.17, 15) is 0 Å². The summed E-state index contributed by atoms with van der Waals surface area (Å²) in [6.45, 7) is 12.3. The third-order valence-electron chi connectivity index (χ3n) is 4.48. The van der Waals surface area contributed by atoms with Gasteiger partial charge in [-0.05, 0) is 50.4 Å². The Balaban J connectivity index is 2.19. The Hall–Kier alpha value is -1.12. The smallest absolute Gasteiger partial charge is 0.134 e. The molecule has 21 heavy (non-hydrogen) atoms. The molecule has 1 saturated carbocycles. The van der Waals surface area contributed by atoms with Gasteiger partial charge in [-0.25, -0.2) is 9.97 Å². The van der Waals surface area contributed by atoms with Gasteiger partial charge in [0.2, 0.25) is 0 Å². The number of rotatable bonds is 5. The molecule has 1 heterocycles. The summed E-state index contributed by atoms with van der Waals surface area (Å²) in [6, 6.07) is 2.12. The van der Waals surface area contributed by atoms with Crippen molar-refractivity contribution in [3.63, 3.8) is 0 Å². The van der Waals surface area contributed by atoms with E-state index in [-0.39, 0.29) is 0 Å². The van der Waals surface area contributed by atoms with Crippen molar-refractivity contribution in [2.24, 2.45) is 11.3 Å². The molecule has 2 rings (SSSR count). The van der Waals surface area contributed by atoms with Crippen molar-refractivity contribution in [1.82, 2.24) is 9.97 Å². The topological polar surface area (TPSA) is 37.8 Å². The van der Waals surface area contributed by atoms with Crippen LogP contribution in [0.4, 0.5) is 5.82 Å². The second-order valence-corrected chi connectivity index (χ2v) is 7.67. The summed E-state index contributed by atoms with van der Waals surface area (Å²) in [6.07, 6.45) is 6.05. The van der Waals surface area contributed by atoms with Gasteiger partial charge in [-0.1, -0.05) is 27.7 Å². The standard InChI is InChI=1S/C18H31N3/c1-6-19-16-12-15(11-13(2)3)20-17(21-16)14-7-9-18(4,5)10-8-14/h12-14H,6-11H2,1-5H3,(H,19,20,21). The highest BCUT2D eigenvalue weighted by atomic mass is 15.0. The van der Waals surface area contributed by atoms with E-state index in [2.05, 4.69) is 46.0 Å². The first-order valence-corrected chi connectivity index (χ1v) is 8.51. The molecule has 0 spiro atoms. The first-order valence-electron chi connectivity index (χ1n) is 8.51. The molecule has 1 aliphatic rings. The Labute approximate surface area is 130 Å². The second-order valence-electron chi connectivity index (χ2n) is 7.67. The molecule has 1 aromatic heterocycles. The number of anilines is 1. The Morgan fingerprint density at radius 1 is 1.24 bits per heavy atom. The van der Waals surface area contributed by atoms with Gasteiger partial charge in [0, 0.05) is 24.2 Å². The van der Waals surface area contributed by atoms with Crippen molar-refractivity contribution in [3.05, 3.63) is 17.6 Å². The van der Waals surface area contributed by atoms with E-state index in [0.717, 1.165) is 24.6 Å². The monoisotopic (exact) mass is 289 g/mol. The highest BCUT2D eigenvalue weighted by molar-refractivity contribution is 5.36. The fraction of sp³-hybridized carbons (Fsp3) is 0.778. The van der Waals surface area contributed by atoms with Gasteiger partial charge in [-0.2, -0.15) is 0 Å². The van der Waals surface area contributed by atoms with Gasteiger partial charge in [-0.15, -0.1) is 0 Å². The quantitative estimate of drug-likeness (QED) is 0.846. The highest BCUT2D eigenvalue weighted by Gasteiger charge is 2.29. The van der Waals surface area contributed by atoms with Crippen molar-refractivity contribution in [3.8, 4) is 0 Å². The summed E-state index contributed by atoms with van der Waals surface area (Å²) < 4.78 is 0. The normalized spacial score (nSPS) is 19.0. The lowest BCUT2D eigenvalue weighted by atomic mass is 9.73. The third kappa shape index (κ3) is 4.69. The molecule has 3 nitrogen and oxygen atoms in total. The Morgan fingerprint density at radius 3 is 2.48 bits per heavy atom. The molecule has 0 amide bonds. The van der Waals surface area contributed by atoms with Gasteiger partial charge in [0.1, 0.15) is 11.6 Å². The first kappa shape index (κ1) is 16.3. The molecule has 0 aliphatic heterocycles. The number of nitrogens with one attached hydrogen (secondary N) is 1. The molecule has 0 bridgehead atoms. The van der Waals surface area contributed by atoms with Crippen molar-refractivity contribution in [1.29, 1.82) is 0 Å². The molecule has 0 saturated heterocycles. The lowest BCUT2D eigenvalue weighted by Crippen LogP contribution is -2.22. The molecule has 1 fully saturated rings. The molecule has 1 aromatic rings. The Bertz CT molecular complexity index is 456. The number of aromatic nitrogens is 2. The van der Waals surface area contributed by atoms with Gasteiger partial charge in [0.25, 0.3) is 0 Å². The third-order valence-corrected chi connectivity index (χ3v) is 4.48. The second kappa shape index (κ2) is 6.76. The minimum absolute atomic E-state index is 0.497. The van der Waals surface area contributed by atoms with E-state index in [1.54, 1.807) is 0 Å². The van der Waals surface area contributed by atoms with E-state index < -0.39 is 0 Å². The Kier molecular flexibility index (Phi) is 5.23. The molecular formula is C18H31N3. The molecule has 0 radical (unpaired) electrons. The lowest BCUT2D eigenvalue weighted by molar-refractivity contribution is 0.220. The van der Waals surface area contributed by atoms with Gasteiger partial charge in [-0.3, -0.25) is 0 Å².